The van der Waals surface area contributed by atoms with Crippen LogP contribution in [-0.2, 0) is 9.59 Å². The first-order valence-electron chi connectivity index (χ1n) is 4.16. The Labute approximate surface area is 77.7 Å². The van der Waals surface area contributed by atoms with Crippen LogP contribution in [0.1, 0.15) is 13.8 Å². The predicted molar refractivity (Wildman–Crippen MR) is 48.4 cm³/mol. The fourth-order valence-corrected chi connectivity index (χ4v) is 0.680. The number of hydrogen-bond donors (Lipinski definition) is 2. The summed E-state index contributed by atoms with van der Waals surface area (Å²) in [4.78, 5) is 22.7. The van der Waals surface area contributed by atoms with Gasteiger partial charge in [0.1, 0.15) is 0 Å². The zero-order valence-electron chi connectivity index (χ0n) is 8.20. The van der Waals surface area contributed by atoms with Gasteiger partial charge in [-0.3, -0.25) is 4.79 Å². The molecule has 0 spiro atoms. The molecule has 0 rings (SSSR count). The molecule has 5 nitrogen and oxygen atoms in total. The van der Waals surface area contributed by atoms with Gasteiger partial charge in [0.25, 0.3) is 0 Å². The van der Waals surface area contributed by atoms with E-state index in [9.17, 15) is 9.59 Å². The number of carbonyl (C=O) groups excluding carboxylic acids is 1. The van der Waals surface area contributed by atoms with Crippen LogP contribution in [0, 0.1) is 0 Å². The third kappa shape index (κ3) is 5.19. The number of amides is 1. The molecule has 0 aromatic carbocycles. The smallest absolute Gasteiger partial charge is 0.394 e. The molecule has 0 atom stereocenters. The summed E-state index contributed by atoms with van der Waals surface area (Å²) in [7, 11) is 1.91. The number of hydrogen-bond acceptors (Lipinski definition) is 3. The number of aliphatic carboxylic acids is 1. The largest absolute Gasteiger partial charge is 0.474 e. The Morgan fingerprint density at radius 1 is 1.46 bits per heavy atom. The van der Waals surface area contributed by atoms with E-state index in [0.29, 0.717) is 19.1 Å². The maximum Gasteiger partial charge on any atom is 0.394 e. The van der Waals surface area contributed by atoms with Crippen LogP contribution in [0.15, 0.2) is 0 Å². The minimum absolute atomic E-state index is 0.361. The molecule has 13 heavy (non-hydrogen) atoms. The molecule has 0 radical (unpaired) electrons. The fourth-order valence-electron chi connectivity index (χ4n) is 0.680. The normalized spacial score (nSPS) is 10.5. The van der Waals surface area contributed by atoms with E-state index >= 15 is 0 Å². The molecule has 2 N–H and O–H groups in total. The molecule has 0 bridgehead atoms. The Bertz CT molecular complexity index is 192. The van der Waals surface area contributed by atoms with Gasteiger partial charge >= 0.3 is 11.9 Å². The molecule has 76 valence electrons. The standard InChI is InChI=1S/C8H16N2O3/c1-6(2)10(3)5-4-9-7(11)8(12)13/h6H,4-5H2,1-3H3,(H,9,11)(H,12,13). The number of rotatable bonds is 4. The van der Waals surface area contributed by atoms with E-state index < -0.39 is 11.9 Å². The molecule has 5 heteroatoms. The van der Waals surface area contributed by atoms with Crippen molar-refractivity contribution in [3.8, 4) is 0 Å². The highest BCUT2D eigenvalue weighted by molar-refractivity contribution is 6.31. The average molecular weight is 188 g/mol. The maximum atomic E-state index is 10.6. The monoisotopic (exact) mass is 188 g/mol. The number of carboxylic acid groups (broad SMARTS) is 1. The van der Waals surface area contributed by atoms with Crippen molar-refractivity contribution in [1.29, 1.82) is 0 Å². The van der Waals surface area contributed by atoms with Crippen LogP contribution in [0.3, 0.4) is 0 Å². The van der Waals surface area contributed by atoms with E-state index in [0.717, 1.165) is 0 Å². The molecule has 0 saturated carbocycles. The van der Waals surface area contributed by atoms with Gasteiger partial charge in [0.2, 0.25) is 0 Å². The van der Waals surface area contributed by atoms with Gasteiger partial charge in [-0.15, -0.1) is 0 Å². The number of nitrogens with zero attached hydrogens (tertiary/aromatic N) is 1. The fraction of sp³-hybridized carbons (Fsp3) is 0.750. The highest BCUT2D eigenvalue weighted by atomic mass is 16.4. The van der Waals surface area contributed by atoms with Gasteiger partial charge in [-0.05, 0) is 20.9 Å². The summed E-state index contributed by atoms with van der Waals surface area (Å²) in [6.07, 6.45) is 0. The summed E-state index contributed by atoms with van der Waals surface area (Å²) in [6.45, 7) is 5.06. The third-order valence-corrected chi connectivity index (χ3v) is 1.83. The number of nitrogens with one attached hydrogen (secondary N) is 1. The predicted octanol–water partition coefficient (Wildman–Crippen LogP) is -0.473. The van der Waals surface area contributed by atoms with Crippen LogP contribution in [-0.4, -0.2) is 48.1 Å². The molecule has 0 aliphatic carbocycles. The van der Waals surface area contributed by atoms with E-state index in [4.69, 9.17) is 5.11 Å². The molecule has 1 amide bonds. The van der Waals surface area contributed by atoms with Gasteiger partial charge in [0.05, 0.1) is 0 Å². The van der Waals surface area contributed by atoms with Crippen LogP contribution in [0.5, 0.6) is 0 Å². The molecule has 0 aromatic heterocycles. The minimum atomic E-state index is -1.44. The Balaban J connectivity index is 3.56. The number of carbonyl (C=O) groups is 2. The van der Waals surface area contributed by atoms with Crippen molar-refractivity contribution in [3.63, 3.8) is 0 Å². The van der Waals surface area contributed by atoms with E-state index in [1.807, 2.05) is 25.8 Å². The summed E-state index contributed by atoms with van der Waals surface area (Å²) in [5, 5.41) is 10.5. The second kappa shape index (κ2) is 5.53. The van der Waals surface area contributed by atoms with E-state index in [1.165, 1.54) is 0 Å². The average Bonchev–Trinajstić information content (AvgIpc) is 2.03. The molecule has 0 aliphatic heterocycles. The van der Waals surface area contributed by atoms with Gasteiger partial charge < -0.3 is 15.3 Å². The third-order valence-electron chi connectivity index (χ3n) is 1.83. The SMILES string of the molecule is CC(C)N(C)CCNC(=O)C(=O)O. The van der Waals surface area contributed by atoms with E-state index in [-0.39, 0.29) is 0 Å². The lowest BCUT2D eigenvalue weighted by atomic mass is 10.3. The molecule has 0 heterocycles. The summed E-state index contributed by atoms with van der Waals surface area (Å²) in [6, 6.07) is 0.390. The highest BCUT2D eigenvalue weighted by Gasteiger charge is 2.10. The lowest BCUT2D eigenvalue weighted by Crippen LogP contribution is -2.38. The first kappa shape index (κ1) is 11.9. The summed E-state index contributed by atoms with van der Waals surface area (Å²) >= 11 is 0. The van der Waals surface area contributed by atoms with E-state index in [2.05, 4.69) is 5.32 Å². The maximum absolute atomic E-state index is 10.6. The molecule has 0 aromatic rings. The molecule has 0 fully saturated rings. The van der Waals surface area contributed by atoms with Crippen molar-refractivity contribution in [2.75, 3.05) is 20.1 Å². The topological polar surface area (TPSA) is 69.6 Å². The molecule has 0 saturated heterocycles. The van der Waals surface area contributed by atoms with Crippen LogP contribution in [0.4, 0.5) is 0 Å². The summed E-state index contributed by atoms with van der Waals surface area (Å²) in [5.74, 6) is -2.38. The molecular weight excluding hydrogens is 172 g/mol. The summed E-state index contributed by atoms with van der Waals surface area (Å²) < 4.78 is 0. The lowest BCUT2D eigenvalue weighted by molar-refractivity contribution is -0.150. The lowest BCUT2D eigenvalue weighted by Gasteiger charge is -2.20. The van der Waals surface area contributed by atoms with Crippen molar-refractivity contribution in [1.82, 2.24) is 10.2 Å². The summed E-state index contributed by atoms with van der Waals surface area (Å²) in [5.41, 5.74) is 0. The Morgan fingerprint density at radius 3 is 2.38 bits per heavy atom. The molecule has 0 unspecified atom stereocenters. The van der Waals surface area contributed by atoms with Gasteiger partial charge in [-0.1, -0.05) is 0 Å². The first-order chi connectivity index (χ1) is 5.95. The van der Waals surface area contributed by atoms with Crippen molar-refractivity contribution >= 4 is 11.9 Å². The quantitative estimate of drug-likeness (QED) is 0.585. The Hall–Kier alpha value is -1.10. The highest BCUT2D eigenvalue weighted by Crippen LogP contribution is 1.90. The van der Waals surface area contributed by atoms with Gasteiger partial charge in [-0.2, -0.15) is 0 Å². The van der Waals surface area contributed by atoms with Gasteiger partial charge in [-0.25, -0.2) is 4.79 Å². The zero-order chi connectivity index (χ0) is 10.4. The van der Waals surface area contributed by atoms with Crippen LogP contribution < -0.4 is 5.32 Å². The van der Waals surface area contributed by atoms with Gasteiger partial charge in [0.15, 0.2) is 0 Å². The first-order valence-corrected chi connectivity index (χ1v) is 4.16. The van der Waals surface area contributed by atoms with Crippen molar-refractivity contribution in [3.05, 3.63) is 0 Å². The van der Waals surface area contributed by atoms with Gasteiger partial charge in [0, 0.05) is 19.1 Å². The zero-order valence-corrected chi connectivity index (χ0v) is 8.20. The van der Waals surface area contributed by atoms with E-state index in [1.54, 1.807) is 0 Å². The molecule has 0 aliphatic rings. The van der Waals surface area contributed by atoms with Crippen molar-refractivity contribution < 1.29 is 14.7 Å². The number of carboxylic acids is 1. The number of likely N-dealkylation sites (N-methyl/N-ethyl adjacent to an activating group) is 1. The van der Waals surface area contributed by atoms with Crippen molar-refractivity contribution in [2.24, 2.45) is 0 Å². The van der Waals surface area contributed by atoms with Crippen LogP contribution >= 0.6 is 0 Å². The second-order valence-electron chi connectivity index (χ2n) is 3.14. The van der Waals surface area contributed by atoms with Crippen LogP contribution in [0.2, 0.25) is 0 Å². The second-order valence-corrected chi connectivity index (χ2v) is 3.14. The van der Waals surface area contributed by atoms with Crippen LogP contribution in [0.25, 0.3) is 0 Å². The Kier molecular flexibility index (Phi) is 5.06. The Morgan fingerprint density at radius 2 is 2.00 bits per heavy atom. The van der Waals surface area contributed by atoms with Crippen molar-refractivity contribution in [2.45, 2.75) is 19.9 Å². The minimum Gasteiger partial charge on any atom is -0.474 e. The molecular formula is C8H16N2O3.